The summed E-state index contributed by atoms with van der Waals surface area (Å²) < 4.78 is 11.7. The van der Waals surface area contributed by atoms with E-state index in [1.165, 1.54) is 5.56 Å². The van der Waals surface area contributed by atoms with Gasteiger partial charge in [-0.2, -0.15) is 0 Å². The van der Waals surface area contributed by atoms with Crippen LogP contribution in [0.4, 0.5) is 0 Å². The van der Waals surface area contributed by atoms with Gasteiger partial charge in [0.1, 0.15) is 12.4 Å². The number of benzene rings is 2. The summed E-state index contributed by atoms with van der Waals surface area (Å²) in [7, 11) is 0. The lowest BCUT2D eigenvalue weighted by Crippen LogP contribution is -2.41. The van der Waals surface area contributed by atoms with E-state index >= 15 is 0 Å². The molecule has 1 amide bonds. The number of hydrogen-bond acceptors (Lipinski definition) is 4. The van der Waals surface area contributed by atoms with E-state index in [1.54, 1.807) is 0 Å². The van der Waals surface area contributed by atoms with Gasteiger partial charge in [-0.25, -0.2) is 0 Å². The zero-order valence-electron chi connectivity index (χ0n) is 17.0. The highest BCUT2D eigenvalue weighted by Crippen LogP contribution is 2.20. The van der Waals surface area contributed by atoms with E-state index in [0.29, 0.717) is 31.1 Å². The van der Waals surface area contributed by atoms with Crippen LogP contribution in [0.5, 0.6) is 5.75 Å². The molecule has 0 unspecified atom stereocenters. The summed E-state index contributed by atoms with van der Waals surface area (Å²) in [5.41, 5.74) is 8.50. The summed E-state index contributed by atoms with van der Waals surface area (Å²) in [4.78, 5) is 14.8. The van der Waals surface area contributed by atoms with Crippen molar-refractivity contribution in [1.82, 2.24) is 4.90 Å². The van der Waals surface area contributed by atoms with Gasteiger partial charge in [0.05, 0.1) is 6.10 Å². The van der Waals surface area contributed by atoms with Gasteiger partial charge >= 0.3 is 0 Å². The van der Waals surface area contributed by atoms with E-state index in [9.17, 15) is 4.79 Å². The van der Waals surface area contributed by atoms with E-state index in [2.05, 4.69) is 19.1 Å². The lowest BCUT2D eigenvalue weighted by atomic mass is 10.1. The maximum absolute atomic E-state index is 12.9. The van der Waals surface area contributed by atoms with Gasteiger partial charge in [0, 0.05) is 25.3 Å². The summed E-state index contributed by atoms with van der Waals surface area (Å²) in [5.74, 6) is 0.772. The van der Waals surface area contributed by atoms with E-state index in [0.717, 1.165) is 37.9 Å². The molecule has 0 bridgehead atoms. The summed E-state index contributed by atoms with van der Waals surface area (Å²) in [6.07, 6.45) is 2.87. The molecule has 6 heteroatoms. The van der Waals surface area contributed by atoms with Gasteiger partial charge in [-0.05, 0) is 56.5 Å². The van der Waals surface area contributed by atoms with E-state index < -0.39 is 0 Å². The standard InChI is InChI=1S/C23H30N2O3.ClH/c1-18-5-2-6-19(15-18)17-28-22-8-3-7-20(16-22)23(26)25-12-9-21(10-13-25)27-14-4-11-24;/h2-3,5-8,15-16,21H,4,9-14,17,24H2,1H3;1H. The molecule has 2 N–H and O–H groups in total. The van der Waals surface area contributed by atoms with Crippen LogP contribution in [0.25, 0.3) is 0 Å². The first-order valence-corrected chi connectivity index (χ1v) is 10.0. The number of hydrogen-bond donors (Lipinski definition) is 1. The molecule has 2 aromatic carbocycles. The molecular weight excluding hydrogens is 388 g/mol. The molecule has 1 aliphatic rings. The zero-order chi connectivity index (χ0) is 19.8. The predicted octanol–water partition coefficient (Wildman–Crippen LogP) is 3.97. The largest absolute Gasteiger partial charge is 0.489 e. The number of likely N-dealkylation sites (tertiary alicyclic amines) is 1. The van der Waals surface area contributed by atoms with Gasteiger partial charge in [-0.1, -0.05) is 35.9 Å². The Morgan fingerprint density at radius 3 is 2.62 bits per heavy atom. The molecule has 1 saturated heterocycles. The molecule has 2 aromatic rings. The van der Waals surface area contributed by atoms with Crippen molar-refractivity contribution < 1.29 is 14.3 Å². The van der Waals surface area contributed by atoms with Crippen molar-refractivity contribution in [2.24, 2.45) is 5.73 Å². The van der Waals surface area contributed by atoms with Crippen LogP contribution in [0.2, 0.25) is 0 Å². The molecule has 0 atom stereocenters. The Hall–Kier alpha value is -2.08. The lowest BCUT2D eigenvalue weighted by molar-refractivity contribution is 0.00843. The molecule has 0 aromatic heterocycles. The zero-order valence-corrected chi connectivity index (χ0v) is 17.8. The minimum atomic E-state index is 0. The number of nitrogens with zero attached hydrogens (tertiary/aromatic N) is 1. The van der Waals surface area contributed by atoms with Crippen LogP contribution in [0.15, 0.2) is 48.5 Å². The van der Waals surface area contributed by atoms with Crippen molar-refractivity contribution in [3.63, 3.8) is 0 Å². The second-order valence-electron chi connectivity index (χ2n) is 7.31. The molecule has 0 radical (unpaired) electrons. The van der Waals surface area contributed by atoms with E-state index in [-0.39, 0.29) is 24.4 Å². The molecule has 3 rings (SSSR count). The molecule has 0 aliphatic carbocycles. The Kier molecular flexibility index (Phi) is 9.45. The van der Waals surface area contributed by atoms with E-state index in [4.69, 9.17) is 15.2 Å². The second-order valence-corrected chi connectivity index (χ2v) is 7.31. The normalized spacial score (nSPS) is 14.3. The quantitative estimate of drug-likeness (QED) is 0.659. The Balaban J connectivity index is 0.00000300. The molecule has 1 fully saturated rings. The fraction of sp³-hybridized carbons (Fsp3) is 0.435. The van der Waals surface area contributed by atoms with Crippen molar-refractivity contribution >= 4 is 18.3 Å². The smallest absolute Gasteiger partial charge is 0.253 e. The fourth-order valence-corrected chi connectivity index (χ4v) is 3.43. The average molecular weight is 419 g/mol. The number of halogens is 1. The maximum atomic E-state index is 12.9. The first kappa shape index (κ1) is 23.2. The SMILES string of the molecule is Cc1cccc(COc2cccc(C(=O)N3CCC(OCCCN)CC3)c2)c1.Cl. The summed E-state index contributed by atoms with van der Waals surface area (Å²) >= 11 is 0. The van der Waals surface area contributed by atoms with Gasteiger partial charge in [-0.15, -0.1) is 12.4 Å². The molecule has 5 nitrogen and oxygen atoms in total. The van der Waals surface area contributed by atoms with Crippen LogP contribution in [0.3, 0.4) is 0 Å². The molecule has 1 aliphatic heterocycles. The maximum Gasteiger partial charge on any atom is 0.253 e. The minimum Gasteiger partial charge on any atom is -0.489 e. The number of carbonyl (C=O) groups is 1. The Labute approximate surface area is 179 Å². The van der Waals surface area contributed by atoms with Crippen LogP contribution in [0, 0.1) is 6.92 Å². The topological polar surface area (TPSA) is 64.8 Å². The number of ether oxygens (including phenoxy) is 2. The van der Waals surface area contributed by atoms with Gasteiger partial charge < -0.3 is 20.1 Å². The van der Waals surface area contributed by atoms with Gasteiger partial charge in [0.25, 0.3) is 5.91 Å². The third-order valence-corrected chi connectivity index (χ3v) is 5.00. The Bertz CT molecular complexity index is 776. The first-order valence-electron chi connectivity index (χ1n) is 10.0. The number of amides is 1. The van der Waals surface area contributed by atoms with E-state index in [1.807, 2.05) is 41.3 Å². The van der Waals surface area contributed by atoms with Gasteiger partial charge in [0.15, 0.2) is 0 Å². The molecule has 158 valence electrons. The second kappa shape index (κ2) is 11.8. The van der Waals surface area contributed by atoms with Crippen LogP contribution >= 0.6 is 12.4 Å². The number of aryl methyl sites for hydroxylation is 1. The number of piperidine rings is 1. The van der Waals surface area contributed by atoms with Crippen LogP contribution < -0.4 is 10.5 Å². The highest BCUT2D eigenvalue weighted by molar-refractivity contribution is 5.94. The number of nitrogens with two attached hydrogens (primary N) is 1. The van der Waals surface area contributed by atoms with Crippen molar-refractivity contribution in [3.8, 4) is 5.75 Å². The molecule has 1 heterocycles. The number of carbonyl (C=O) groups excluding carboxylic acids is 1. The van der Waals surface area contributed by atoms with Crippen molar-refractivity contribution in [2.75, 3.05) is 26.2 Å². The van der Waals surface area contributed by atoms with Gasteiger partial charge in [-0.3, -0.25) is 4.79 Å². The van der Waals surface area contributed by atoms with Crippen molar-refractivity contribution in [1.29, 1.82) is 0 Å². The van der Waals surface area contributed by atoms with Crippen LogP contribution in [0.1, 0.15) is 40.7 Å². The molecular formula is C23H31ClN2O3. The number of rotatable bonds is 8. The fourth-order valence-electron chi connectivity index (χ4n) is 3.43. The van der Waals surface area contributed by atoms with Gasteiger partial charge in [0.2, 0.25) is 0 Å². The van der Waals surface area contributed by atoms with Crippen molar-refractivity contribution in [2.45, 2.75) is 38.9 Å². The summed E-state index contributed by atoms with van der Waals surface area (Å²) in [6.45, 7) is 5.36. The first-order chi connectivity index (χ1) is 13.7. The Morgan fingerprint density at radius 1 is 1.14 bits per heavy atom. The summed E-state index contributed by atoms with van der Waals surface area (Å²) in [5, 5.41) is 0. The molecule has 0 saturated carbocycles. The third-order valence-electron chi connectivity index (χ3n) is 5.00. The van der Waals surface area contributed by atoms with Crippen LogP contribution in [-0.2, 0) is 11.3 Å². The molecule has 29 heavy (non-hydrogen) atoms. The minimum absolute atomic E-state index is 0. The highest BCUT2D eigenvalue weighted by Gasteiger charge is 2.24. The highest BCUT2D eigenvalue weighted by atomic mass is 35.5. The summed E-state index contributed by atoms with van der Waals surface area (Å²) in [6, 6.07) is 15.7. The lowest BCUT2D eigenvalue weighted by Gasteiger charge is -2.32. The molecule has 0 spiro atoms. The van der Waals surface area contributed by atoms with Crippen molar-refractivity contribution in [3.05, 3.63) is 65.2 Å². The monoisotopic (exact) mass is 418 g/mol. The average Bonchev–Trinajstić information content (AvgIpc) is 2.73. The van der Waals surface area contributed by atoms with Crippen LogP contribution in [-0.4, -0.2) is 43.2 Å². The Morgan fingerprint density at radius 2 is 1.90 bits per heavy atom. The predicted molar refractivity (Wildman–Crippen MR) is 118 cm³/mol. The third kappa shape index (κ3) is 7.03.